The molecule has 1 aromatic heterocycles. The molecule has 0 unspecified atom stereocenters. The first-order valence-corrected chi connectivity index (χ1v) is 6.04. The molecule has 2 aromatic rings. The van der Waals surface area contributed by atoms with Gasteiger partial charge in [0.2, 0.25) is 0 Å². The largest absolute Gasteiger partial charge is 0.472 e. The first-order chi connectivity index (χ1) is 7.66. The molecule has 0 bridgehead atoms. The molecule has 1 amide bonds. The minimum Gasteiger partial charge on any atom is -0.472 e. The zero-order valence-corrected chi connectivity index (χ0v) is 11.2. The van der Waals surface area contributed by atoms with E-state index in [9.17, 15) is 4.79 Å². The summed E-state index contributed by atoms with van der Waals surface area (Å²) in [6.45, 7) is 0. The highest BCUT2D eigenvalue weighted by Crippen LogP contribution is 2.26. The molecule has 5 heteroatoms. The zero-order chi connectivity index (χ0) is 11.5. The van der Waals surface area contributed by atoms with Crippen LogP contribution in [0.4, 0.5) is 5.69 Å². The number of halogens is 2. The number of anilines is 1. The Hall–Kier alpha value is -1.07. The van der Waals surface area contributed by atoms with Gasteiger partial charge >= 0.3 is 0 Å². The number of benzene rings is 1. The summed E-state index contributed by atoms with van der Waals surface area (Å²) in [5.41, 5.74) is 1.20. The number of carbonyl (C=O) groups is 1. The van der Waals surface area contributed by atoms with E-state index in [1.54, 1.807) is 6.07 Å². The summed E-state index contributed by atoms with van der Waals surface area (Å²) in [7, 11) is 0. The maximum absolute atomic E-state index is 11.7. The van der Waals surface area contributed by atoms with E-state index in [4.69, 9.17) is 4.42 Å². The van der Waals surface area contributed by atoms with Gasteiger partial charge in [0.15, 0.2) is 0 Å². The molecule has 1 aromatic carbocycles. The van der Waals surface area contributed by atoms with Gasteiger partial charge in [-0.05, 0) is 40.2 Å². The summed E-state index contributed by atoms with van der Waals surface area (Å²) in [5.74, 6) is -0.201. The SMILES string of the molecule is O=C(Nc1cc(Br)ccc1Br)c1ccoc1. The molecule has 0 saturated carbocycles. The lowest BCUT2D eigenvalue weighted by Crippen LogP contribution is -2.11. The lowest BCUT2D eigenvalue weighted by atomic mass is 10.3. The van der Waals surface area contributed by atoms with Crippen molar-refractivity contribution in [1.82, 2.24) is 0 Å². The minimum absolute atomic E-state index is 0.201. The maximum Gasteiger partial charge on any atom is 0.258 e. The van der Waals surface area contributed by atoms with Crippen LogP contribution in [0.25, 0.3) is 0 Å². The third-order valence-corrected chi connectivity index (χ3v) is 3.14. The van der Waals surface area contributed by atoms with E-state index < -0.39 is 0 Å². The smallest absolute Gasteiger partial charge is 0.258 e. The lowest BCUT2D eigenvalue weighted by Gasteiger charge is -2.06. The molecule has 0 fully saturated rings. The van der Waals surface area contributed by atoms with E-state index in [1.807, 2.05) is 18.2 Å². The molecule has 1 heterocycles. The minimum atomic E-state index is -0.201. The Kier molecular flexibility index (Phi) is 3.46. The standard InChI is InChI=1S/C11H7Br2NO2/c12-8-1-2-9(13)10(5-8)14-11(15)7-3-4-16-6-7/h1-6H,(H,14,15). The van der Waals surface area contributed by atoms with Gasteiger partial charge in [0.25, 0.3) is 5.91 Å². The fraction of sp³-hybridized carbons (Fsp3) is 0. The summed E-state index contributed by atoms with van der Waals surface area (Å²) < 4.78 is 6.57. The summed E-state index contributed by atoms with van der Waals surface area (Å²) in [6, 6.07) is 7.18. The third-order valence-electron chi connectivity index (χ3n) is 1.96. The molecule has 0 aliphatic rings. The van der Waals surface area contributed by atoms with E-state index in [0.29, 0.717) is 11.3 Å². The van der Waals surface area contributed by atoms with E-state index in [0.717, 1.165) is 8.95 Å². The maximum atomic E-state index is 11.7. The number of nitrogens with one attached hydrogen (secondary N) is 1. The van der Waals surface area contributed by atoms with Crippen molar-refractivity contribution in [1.29, 1.82) is 0 Å². The summed E-state index contributed by atoms with van der Waals surface area (Å²) in [4.78, 5) is 11.7. The molecule has 0 saturated heterocycles. The first kappa shape index (κ1) is 11.4. The number of carbonyl (C=O) groups excluding carboxylic acids is 1. The quantitative estimate of drug-likeness (QED) is 0.892. The highest BCUT2D eigenvalue weighted by molar-refractivity contribution is 9.11. The average Bonchev–Trinajstić information content (AvgIpc) is 2.76. The van der Waals surface area contributed by atoms with Gasteiger partial charge in [-0.2, -0.15) is 0 Å². The summed E-state index contributed by atoms with van der Waals surface area (Å²) in [6.07, 6.45) is 2.87. The number of amides is 1. The van der Waals surface area contributed by atoms with Crippen molar-refractivity contribution in [3.05, 3.63) is 51.3 Å². The lowest BCUT2D eigenvalue weighted by molar-refractivity contribution is 0.102. The fourth-order valence-corrected chi connectivity index (χ4v) is 1.89. The van der Waals surface area contributed by atoms with Crippen LogP contribution in [0, 0.1) is 0 Å². The summed E-state index contributed by atoms with van der Waals surface area (Å²) >= 11 is 6.71. The number of furan rings is 1. The Balaban J connectivity index is 2.21. The van der Waals surface area contributed by atoms with Crippen LogP contribution in [0.1, 0.15) is 10.4 Å². The molecule has 1 N–H and O–H groups in total. The average molecular weight is 345 g/mol. The number of hydrogen-bond acceptors (Lipinski definition) is 2. The van der Waals surface area contributed by atoms with E-state index in [2.05, 4.69) is 37.2 Å². The van der Waals surface area contributed by atoms with Crippen molar-refractivity contribution in [2.45, 2.75) is 0 Å². The number of hydrogen-bond donors (Lipinski definition) is 1. The molecular weight excluding hydrogens is 338 g/mol. The second kappa shape index (κ2) is 4.84. The predicted octanol–water partition coefficient (Wildman–Crippen LogP) is 4.06. The van der Waals surface area contributed by atoms with Crippen LogP contribution in [-0.4, -0.2) is 5.91 Å². The van der Waals surface area contributed by atoms with Gasteiger partial charge in [-0.25, -0.2) is 0 Å². The Morgan fingerprint density at radius 1 is 1.25 bits per heavy atom. The monoisotopic (exact) mass is 343 g/mol. The van der Waals surface area contributed by atoms with Crippen molar-refractivity contribution in [3.63, 3.8) is 0 Å². The second-order valence-electron chi connectivity index (χ2n) is 3.09. The highest BCUT2D eigenvalue weighted by atomic mass is 79.9. The van der Waals surface area contributed by atoms with Gasteiger partial charge in [-0.1, -0.05) is 15.9 Å². The predicted molar refractivity (Wildman–Crippen MR) is 68.5 cm³/mol. The Morgan fingerprint density at radius 2 is 2.06 bits per heavy atom. The van der Waals surface area contributed by atoms with Crippen LogP contribution < -0.4 is 5.32 Å². The van der Waals surface area contributed by atoms with E-state index in [-0.39, 0.29) is 5.91 Å². The van der Waals surface area contributed by atoms with E-state index in [1.165, 1.54) is 12.5 Å². The van der Waals surface area contributed by atoms with Crippen molar-refractivity contribution in [2.24, 2.45) is 0 Å². The summed E-state index contributed by atoms with van der Waals surface area (Å²) in [5, 5.41) is 2.78. The van der Waals surface area contributed by atoms with Crippen molar-refractivity contribution < 1.29 is 9.21 Å². The van der Waals surface area contributed by atoms with Crippen LogP contribution in [0.15, 0.2) is 50.2 Å². The topological polar surface area (TPSA) is 42.2 Å². The molecule has 0 aliphatic heterocycles. The van der Waals surface area contributed by atoms with Crippen LogP contribution in [0.5, 0.6) is 0 Å². The number of rotatable bonds is 2. The van der Waals surface area contributed by atoms with Crippen LogP contribution in [0.2, 0.25) is 0 Å². The fourth-order valence-electron chi connectivity index (χ4n) is 1.18. The van der Waals surface area contributed by atoms with Gasteiger partial charge in [0.1, 0.15) is 6.26 Å². The van der Waals surface area contributed by atoms with Crippen molar-refractivity contribution >= 4 is 43.5 Å². The van der Waals surface area contributed by atoms with Gasteiger partial charge in [-0.3, -0.25) is 4.79 Å². The second-order valence-corrected chi connectivity index (χ2v) is 4.86. The van der Waals surface area contributed by atoms with Gasteiger partial charge in [0, 0.05) is 8.95 Å². The van der Waals surface area contributed by atoms with Gasteiger partial charge in [-0.15, -0.1) is 0 Å². The van der Waals surface area contributed by atoms with Crippen LogP contribution >= 0.6 is 31.9 Å². The molecule has 0 aliphatic carbocycles. The zero-order valence-electron chi connectivity index (χ0n) is 8.04. The molecule has 2 rings (SSSR count). The normalized spacial score (nSPS) is 10.1. The Morgan fingerprint density at radius 3 is 2.75 bits per heavy atom. The molecule has 0 radical (unpaired) electrons. The van der Waals surface area contributed by atoms with Crippen LogP contribution in [-0.2, 0) is 0 Å². The Bertz CT molecular complexity index is 509. The third kappa shape index (κ3) is 2.54. The molecule has 82 valence electrons. The molecular formula is C11H7Br2NO2. The molecule has 0 atom stereocenters. The van der Waals surface area contributed by atoms with Gasteiger partial charge < -0.3 is 9.73 Å². The highest BCUT2D eigenvalue weighted by Gasteiger charge is 2.09. The molecule has 16 heavy (non-hydrogen) atoms. The molecule has 0 spiro atoms. The van der Waals surface area contributed by atoms with Crippen molar-refractivity contribution in [3.8, 4) is 0 Å². The van der Waals surface area contributed by atoms with E-state index >= 15 is 0 Å². The van der Waals surface area contributed by atoms with Crippen LogP contribution in [0.3, 0.4) is 0 Å². The van der Waals surface area contributed by atoms with Gasteiger partial charge in [0.05, 0.1) is 17.5 Å². The Labute approximate surface area is 109 Å². The molecule has 3 nitrogen and oxygen atoms in total. The van der Waals surface area contributed by atoms with Crippen molar-refractivity contribution in [2.75, 3.05) is 5.32 Å². The first-order valence-electron chi connectivity index (χ1n) is 4.45.